The van der Waals surface area contributed by atoms with Gasteiger partial charge < -0.3 is 10.6 Å². The molecule has 1 atom stereocenters. The van der Waals surface area contributed by atoms with Crippen LogP contribution in [-0.4, -0.2) is 30.5 Å². The van der Waals surface area contributed by atoms with E-state index in [0.29, 0.717) is 17.5 Å². The van der Waals surface area contributed by atoms with Gasteiger partial charge in [0.15, 0.2) is 0 Å². The fraction of sp³-hybridized carbons (Fsp3) is 0.467. The smallest absolute Gasteiger partial charge is 0.223 e. The van der Waals surface area contributed by atoms with Crippen molar-refractivity contribution >= 4 is 39.1 Å². The first-order valence-corrected chi connectivity index (χ1v) is 8.36. The summed E-state index contributed by atoms with van der Waals surface area (Å²) in [4.78, 5) is 16.6. The van der Waals surface area contributed by atoms with E-state index in [0.717, 1.165) is 34.7 Å². The van der Waals surface area contributed by atoms with Crippen LogP contribution >= 0.6 is 22.9 Å². The molecule has 0 saturated carbocycles. The van der Waals surface area contributed by atoms with Crippen LogP contribution in [0, 0.1) is 11.8 Å². The van der Waals surface area contributed by atoms with Gasteiger partial charge in [-0.3, -0.25) is 4.79 Å². The lowest BCUT2D eigenvalue weighted by atomic mass is 9.88. The number of rotatable bonds is 5. The Morgan fingerprint density at radius 2 is 2.38 bits per heavy atom. The molecule has 0 spiro atoms. The van der Waals surface area contributed by atoms with Gasteiger partial charge in [0, 0.05) is 23.9 Å². The maximum Gasteiger partial charge on any atom is 0.223 e. The highest BCUT2D eigenvalue weighted by atomic mass is 35.5. The lowest BCUT2D eigenvalue weighted by Gasteiger charge is -2.31. The van der Waals surface area contributed by atoms with Crippen molar-refractivity contribution in [1.82, 2.24) is 15.6 Å². The molecule has 112 valence electrons. The van der Waals surface area contributed by atoms with Crippen molar-refractivity contribution in [2.45, 2.75) is 13.3 Å². The molecule has 2 heterocycles. The third-order valence-corrected chi connectivity index (χ3v) is 5.30. The summed E-state index contributed by atoms with van der Waals surface area (Å²) in [6.45, 7) is 4.54. The van der Waals surface area contributed by atoms with Crippen molar-refractivity contribution in [1.29, 1.82) is 0 Å². The van der Waals surface area contributed by atoms with Crippen LogP contribution in [0.1, 0.15) is 11.9 Å². The van der Waals surface area contributed by atoms with Crippen molar-refractivity contribution in [3.8, 4) is 0 Å². The van der Waals surface area contributed by atoms with E-state index in [-0.39, 0.29) is 11.8 Å². The minimum atomic E-state index is 0.0837. The molecule has 1 fully saturated rings. The molecule has 1 aliphatic rings. The molecule has 2 N–H and O–H groups in total. The van der Waals surface area contributed by atoms with E-state index in [2.05, 4.69) is 15.6 Å². The van der Waals surface area contributed by atoms with Gasteiger partial charge in [-0.05, 0) is 37.2 Å². The SMILES string of the molecule is CC(C(=O)NCCc1nc2cc(Cl)ccc2s1)C1CNC1. The van der Waals surface area contributed by atoms with E-state index in [1.165, 1.54) is 0 Å². The molecular weight excluding hydrogens is 306 g/mol. The Kier molecular flexibility index (Phi) is 4.42. The first-order valence-electron chi connectivity index (χ1n) is 7.17. The summed E-state index contributed by atoms with van der Waals surface area (Å²) >= 11 is 7.62. The summed E-state index contributed by atoms with van der Waals surface area (Å²) in [7, 11) is 0. The Labute approximate surface area is 132 Å². The molecule has 1 aromatic carbocycles. The third kappa shape index (κ3) is 3.36. The van der Waals surface area contributed by atoms with E-state index < -0.39 is 0 Å². The summed E-state index contributed by atoms with van der Waals surface area (Å²) in [5, 5.41) is 7.95. The number of nitrogens with zero attached hydrogens (tertiary/aromatic N) is 1. The van der Waals surface area contributed by atoms with Gasteiger partial charge in [-0.15, -0.1) is 11.3 Å². The summed E-state index contributed by atoms with van der Waals surface area (Å²) in [6, 6.07) is 5.74. The van der Waals surface area contributed by atoms with E-state index >= 15 is 0 Å². The quantitative estimate of drug-likeness (QED) is 0.888. The predicted molar refractivity (Wildman–Crippen MR) is 86.9 cm³/mol. The number of hydrogen-bond acceptors (Lipinski definition) is 4. The molecular formula is C15H18ClN3OS. The number of thiazole rings is 1. The first-order chi connectivity index (χ1) is 10.1. The monoisotopic (exact) mass is 323 g/mol. The molecule has 1 saturated heterocycles. The van der Waals surface area contributed by atoms with Crippen LogP contribution in [0.25, 0.3) is 10.2 Å². The summed E-state index contributed by atoms with van der Waals surface area (Å²) in [5.41, 5.74) is 0.933. The number of hydrogen-bond donors (Lipinski definition) is 2. The van der Waals surface area contributed by atoms with E-state index in [9.17, 15) is 4.79 Å². The maximum absolute atomic E-state index is 12.0. The molecule has 1 amide bonds. The summed E-state index contributed by atoms with van der Waals surface area (Å²) in [6.07, 6.45) is 0.762. The number of benzene rings is 1. The predicted octanol–water partition coefficient (Wildman–Crippen LogP) is 2.46. The molecule has 1 aliphatic heterocycles. The lowest BCUT2D eigenvalue weighted by Crippen LogP contribution is -2.49. The van der Waals surface area contributed by atoms with E-state index in [1.54, 1.807) is 11.3 Å². The molecule has 0 bridgehead atoms. The Morgan fingerprint density at radius 3 is 3.10 bits per heavy atom. The molecule has 1 unspecified atom stereocenters. The molecule has 0 radical (unpaired) electrons. The minimum absolute atomic E-state index is 0.0837. The average molecular weight is 324 g/mol. The Morgan fingerprint density at radius 1 is 1.57 bits per heavy atom. The van der Waals surface area contributed by atoms with Crippen molar-refractivity contribution in [3.05, 3.63) is 28.2 Å². The second-order valence-corrected chi connectivity index (χ2v) is 7.02. The summed E-state index contributed by atoms with van der Waals surface area (Å²) in [5.74, 6) is 0.709. The van der Waals surface area contributed by atoms with Gasteiger partial charge in [-0.2, -0.15) is 0 Å². The topological polar surface area (TPSA) is 54.0 Å². The van der Waals surface area contributed by atoms with Gasteiger partial charge in [-0.1, -0.05) is 18.5 Å². The van der Waals surface area contributed by atoms with Crippen LogP contribution < -0.4 is 10.6 Å². The zero-order chi connectivity index (χ0) is 14.8. The molecule has 2 aromatic rings. The molecule has 21 heavy (non-hydrogen) atoms. The fourth-order valence-electron chi connectivity index (χ4n) is 2.39. The number of fused-ring (bicyclic) bond motifs is 1. The van der Waals surface area contributed by atoms with Crippen molar-refractivity contribution in [2.24, 2.45) is 11.8 Å². The van der Waals surface area contributed by atoms with Crippen LogP contribution in [-0.2, 0) is 11.2 Å². The second-order valence-electron chi connectivity index (χ2n) is 5.47. The number of halogens is 1. The number of nitrogens with one attached hydrogen (secondary N) is 2. The maximum atomic E-state index is 12.0. The van der Waals surface area contributed by atoms with E-state index in [1.807, 2.05) is 25.1 Å². The standard InChI is InChI=1S/C15H18ClN3OS/c1-9(10-7-17-8-10)15(20)18-5-4-14-19-12-6-11(16)2-3-13(12)21-14/h2-3,6,9-10,17H,4-5,7-8H2,1H3,(H,18,20). The molecule has 3 rings (SSSR count). The highest BCUT2D eigenvalue weighted by Gasteiger charge is 2.28. The fourth-order valence-corrected chi connectivity index (χ4v) is 3.50. The zero-order valence-corrected chi connectivity index (χ0v) is 13.4. The van der Waals surface area contributed by atoms with Gasteiger partial charge in [0.1, 0.15) is 0 Å². The molecule has 6 heteroatoms. The van der Waals surface area contributed by atoms with Crippen LogP contribution in [0.3, 0.4) is 0 Å². The van der Waals surface area contributed by atoms with Crippen molar-refractivity contribution < 1.29 is 4.79 Å². The zero-order valence-electron chi connectivity index (χ0n) is 11.9. The largest absolute Gasteiger partial charge is 0.355 e. The Bertz CT molecular complexity index is 653. The van der Waals surface area contributed by atoms with Crippen LogP contribution in [0.15, 0.2) is 18.2 Å². The molecule has 0 aliphatic carbocycles. The van der Waals surface area contributed by atoms with Crippen molar-refractivity contribution in [3.63, 3.8) is 0 Å². The number of carbonyl (C=O) groups is 1. The van der Waals surface area contributed by atoms with Gasteiger partial charge >= 0.3 is 0 Å². The van der Waals surface area contributed by atoms with Gasteiger partial charge in [0.05, 0.1) is 15.2 Å². The van der Waals surface area contributed by atoms with Gasteiger partial charge in [0.25, 0.3) is 0 Å². The normalized spacial score (nSPS) is 16.7. The Balaban J connectivity index is 1.53. The van der Waals surface area contributed by atoms with Crippen LogP contribution in [0.2, 0.25) is 5.02 Å². The van der Waals surface area contributed by atoms with E-state index in [4.69, 9.17) is 11.6 Å². The molecule has 4 nitrogen and oxygen atoms in total. The Hall–Kier alpha value is -1.17. The molecule has 1 aromatic heterocycles. The minimum Gasteiger partial charge on any atom is -0.355 e. The van der Waals surface area contributed by atoms with Gasteiger partial charge in [-0.25, -0.2) is 4.98 Å². The van der Waals surface area contributed by atoms with Crippen LogP contribution in [0.4, 0.5) is 0 Å². The number of carbonyl (C=O) groups excluding carboxylic acids is 1. The first kappa shape index (κ1) is 14.8. The summed E-state index contributed by atoms with van der Waals surface area (Å²) < 4.78 is 1.13. The highest BCUT2D eigenvalue weighted by molar-refractivity contribution is 7.18. The second kappa shape index (κ2) is 6.30. The van der Waals surface area contributed by atoms with Crippen molar-refractivity contribution in [2.75, 3.05) is 19.6 Å². The number of amides is 1. The lowest BCUT2D eigenvalue weighted by molar-refractivity contribution is -0.126. The van der Waals surface area contributed by atoms with Gasteiger partial charge in [0.2, 0.25) is 5.91 Å². The third-order valence-electron chi connectivity index (χ3n) is 3.97. The van der Waals surface area contributed by atoms with Crippen LogP contribution in [0.5, 0.6) is 0 Å². The average Bonchev–Trinajstić information content (AvgIpc) is 2.78. The number of aromatic nitrogens is 1. The highest BCUT2D eigenvalue weighted by Crippen LogP contribution is 2.25.